The molecular formula is C17H36N2. The van der Waals surface area contributed by atoms with E-state index in [0.29, 0.717) is 0 Å². The van der Waals surface area contributed by atoms with E-state index in [1.807, 2.05) is 0 Å². The van der Waals surface area contributed by atoms with Gasteiger partial charge in [-0.3, -0.25) is 4.90 Å². The van der Waals surface area contributed by atoms with Crippen LogP contribution < -0.4 is 5.32 Å². The molecule has 1 aliphatic rings. The van der Waals surface area contributed by atoms with Gasteiger partial charge >= 0.3 is 0 Å². The number of likely N-dealkylation sites (tertiary alicyclic amines) is 1. The summed E-state index contributed by atoms with van der Waals surface area (Å²) in [5.41, 5.74) is 0. The van der Waals surface area contributed by atoms with Crippen molar-refractivity contribution < 1.29 is 0 Å². The Labute approximate surface area is 121 Å². The summed E-state index contributed by atoms with van der Waals surface area (Å²) in [5, 5.41) is 3.66. The van der Waals surface area contributed by atoms with Gasteiger partial charge in [0.05, 0.1) is 0 Å². The van der Waals surface area contributed by atoms with Crippen molar-refractivity contribution in [3.05, 3.63) is 0 Å². The van der Waals surface area contributed by atoms with Crippen molar-refractivity contribution in [1.82, 2.24) is 10.2 Å². The number of nitrogens with zero attached hydrogens (tertiary/aromatic N) is 1. The lowest BCUT2D eigenvalue weighted by molar-refractivity contribution is 0.0493. The van der Waals surface area contributed by atoms with Crippen LogP contribution in [0, 0.1) is 5.92 Å². The van der Waals surface area contributed by atoms with E-state index in [2.05, 4.69) is 44.8 Å². The van der Waals surface area contributed by atoms with Crippen molar-refractivity contribution in [2.24, 2.45) is 5.92 Å². The molecule has 1 heterocycles. The van der Waals surface area contributed by atoms with Crippen molar-refractivity contribution >= 4 is 0 Å². The SMILES string of the molecule is CCCCCCC(C)N1CCC(NCC)C(C)C1C. The second-order valence-electron chi connectivity index (χ2n) is 6.49. The van der Waals surface area contributed by atoms with Crippen molar-refractivity contribution in [3.63, 3.8) is 0 Å². The van der Waals surface area contributed by atoms with Gasteiger partial charge in [0.15, 0.2) is 0 Å². The van der Waals surface area contributed by atoms with E-state index in [4.69, 9.17) is 0 Å². The Morgan fingerprint density at radius 2 is 1.89 bits per heavy atom. The first-order valence-electron chi connectivity index (χ1n) is 8.60. The largest absolute Gasteiger partial charge is 0.314 e. The first-order chi connectivity index (χ1) is 9.11. The van der Waals surface area contributed by atoms with E-state index >= 15 is 0 Å². The van der Waals surface area contributed by atoms with E-state index in [9.17, 15) is 0 Å². The predicted octanol–water partition coefficient (Wildman–Crippen LogP) is 4.05. The number of hydrogen-bond donors (Lipinski definition) is 1. The molecule has 0 saturated carbocycles. The molecule has 0 aromatic rings. The smallest absolute Gasteiger partial charge is 0.0120 e. The third-order valence-electron chi connectivity index (χ3n) is 5.12. The van der Waals surface area contributed by atoms with Gasteiger partial charge in [-0.05, 0) is 39.2 Å². The van der Waals surface area contributed by atoms with E-state index in [-0.39, 0.29) is 0 Å². The van der Waals surface area contributed by atoms with Crippen molar-refractivity contribution in [1.29, 1.82) is 0 Å². The second-order valence-corrected chi connectivity index (χ2v) is 6.49. The monoisotopic (exact) mass is 268 g/mol. The minimum atomic E-state index is 0.721. The normalized spacial score (nSPS) is 30.5. The van der Waals surface area contributed by atoms with Crippen LogP contribution in [0.4, 0.5) is 0 Å². The number of piperidine rings is 1. The molecule has 0 amide bonds. The van der Waals surface area contributed by atoms with Crippen LogP contribution in [-0.4, -0.2) is 36.1 Å². The molecule has 114 valence electrons. The third kappa shape index (κ3) is 5.07. The summed E-state index contributed by atoms with van der Waals surface area (Å²) >= 11 is 0. The van der Waals surface area contributed by atoms with Gasteiger partial charge in [-0.25, -0.2) is 0 Å². The lowest BCUT2D eigenvalue weighted by Gasteiger charge is -2.46. The van der Waals surface area contributed by atoms with Gasteiger partial charge < -0.3 is 5.32 Å². The molecule has 1 saturated heterocycles. The van der Waals surface area contributed by atoms with E-state index in [0.717, 1.165) is 30.6 Å². The zero-order chi connectivity index (χ0) is 14.3. The molecular weight excluding hydrogens is 232 g/mol. The Bertz CT molecular complexity index is 229. The molecule has 0 bridgehead atoms. The van der Waals surface area contributed by atoms with Gasteiger partial charge in [0, 0.05) is 24.7 Å². The first kappa shape index (κ1) is 17.0. The van der Waals surface area contributed by atoms with Crippen LogP contribution in [0.1, 0.15) is 73.1 Å². The van der Waals surface area contributed by atoms with E-state index in [1.165, 1.54) is 45.1 Å². The Hall–Kier alpha value is -0.0800. The van der Waals surface area contributed by atoms with Gasteiger partial charge in [0.1, 0.15) is 0 Å². The molecule has 1 fully saturated rings. The van der Waals surface area contributed by atoms with Gasteiger partial charge in [0.2, 0.25) is 0 Å². The van der Waals surface area contributed by atoms with Crippen LogP contribution in [0.2, 0.25) is 0 Å². The highest BCUT2D eigenvalue weighted by molar-refractivity contribution is 4.90. The van der Waals surface area contributed by atoms with Gasteiger partial charge in [0.25, 0.3) is 0 Å². The molecule has 0 radical (unpaired) electrons. The molecule has 1 N–H and O–H groups in total. The molecule has 0 spiro atoms. The highest BCUT2D eigenvalue weighted by Gasteiger charge is 2.33. The fraction of sp³-hybridized carbons (Fsp3) is 1.00. The molecule has 1 rings (SSSR count). The summed E-state index contributed by atoms with van der Waals surface area (Å²) in [6.45, 7) is 14.2. The molecule has 2 nitrogen and oxygen atoms in total. The van der Waals surface area contributed by atoms with Crippen LogP contribution in [0.25, 0.3) is 0 Å². The molecule has 2 heteroatoms. The number of unbranched alkanes of at least 4 members (excludes halogenated alkanes) is 3. The van der Waals surface area contributed by atoms with E-state index in [1.54, 1.807) is 0 Å². The van der Waals surface area contributed by atoms with Crippen LogP contribution in [0.3, 0.4) is 0 Å². The van der Waals surface area contributed by atoms with Crippen molar-refractivity contribution in [2.75, 3.05) is 13.1 Å². The van der Waals surface area contributed by atoms with Gasteiger partial charge in [-0.1, -0.05) is 46.5 Å². The zero-order valence-electron chi connectivity index (χ0n) is 13.9. The van der Waals surface area contributed by atoms with Crippen LogP contribution in [0.5, 0.6) is 0 Å². The molecule has 0 aliphatic carbocycles. The second kappa shape index (κ2) is 8.97. The Morgan fingerprint density at radius 3 is 2.53 bits per heavy atom. The first-order valence-corrected chi connectivity index (χ1v) is 8.60. The van der Waals surface area contributed by atoms with E-state index < -0.39 is 0 Å². The van der Waals surface area contributed by atoms with Crippen LogP contribution >= 0.6 is 0 Å². The Morgan fingerprint density at radius 1 is 1.16 bits per heavy atom. The molecule has 0 aromatic carbocycles. The number of hydrogen-bond acceptors (Lipinski definition) is 2. The lowest BCUT2D eigenvalue weighted by Crippen LogP contribution is -2.55. The molecule has 1 aliphatic heterocycles. The maximum absolute atomic E-state index is 3.66. The minimum Gasteiger partial charge on any atom is -0.314 e. The summed E-state index contributed by atoms with van der Waals surface area (Å²) in [5.74, 6) is 0.770. The molecule has 4 atom stereocenters. The Balaban J connectivity index is 2.37. The minimum absolute atomic E-state index is 0.721. The molecule has 4 unspecified atom stereocenters. The predicted molar refractivity (Wildman–Crippen MR) is 85.6 cm³/mol. The maximum Gasteiger partial charge on any atom is 0.0120 e. The average Bonchev–Trinajstić information content (AvgIpc) is 2.40. The number of nitrogens with one attached hydrogen (secondary N) is 1. The zero-order valence-corrected chi connectivity index (χ0v) is 13.9. The highest BCUT2D eigenvalue weighted by Crippen LogP contribution is 2.27. The summed E-state index contributed by atoms with van der Waals surface area (Å²) in [4.78, 5) is 2.75. The summed E-state index contributed by atoms with van der Waals surface area (Å²) in [6, 6.07) is 2.21. The fourth-order valence-corrected chi connectivity index (χ4v) is 3.60. The molecule has 0 aromatic heterocycles. The lowest BCUT2D eigenvalue weighted by atomic mass is 9.85. The van der Waals surface area contributed by atoms with Crippen LogP contribution in [0.15, 0.2) is 0 Å². The standard InChI is InChI=1S/C17H36N2/c1-6-8-9-10-11-14(3)19-13-12-17(18-7-2)15(4)16(19)5/h14-18H,6-13H2,1-5H3. The molecule has 19 heavy (non-hydrogen) atoms. The van der Waals surface area contributed by atoms with Gasteiger partial charge in [-0.2, -0.15) is 0 Å². The van der Waals surface area contributed by atoms with Crippen LogP contribution in [-0.2, 0) is 0 Å². The van der Waals surface area contributed by atoms with Gasteiger partial charge in [-0.15, -0.1) is 0 Å². The maximum atomic E-state index is 3.66. The highest BCUT2D eigenvalue weighted by atomic mass is 15.2. The fourth-order valence-electron chi connectivity index (χ4n) is 3.60. The summed E-state index contributed by atoms with van der Waals surface area (Å²) in [6.07, 6.45) is 8.26. The summed E-state index contributed by atoms with van der Waals surface area (Å²) < 4.78 is 0. The third-order valence-corrected chi connectivity index (χ3v) is 5.12. The Kier molecular flexibility index (Phi) is 8.01. The topological polar surface area (TPSA) is 15.3 Å². The number of rotatable bonds is 8. The summed E-state index contributed by atoms with van der Waals surface area (Å²) in [7, 11) is 0. The van der Waals surface area contributed by atoms with Crippen molar-refractivity contribution in [3.8, 4) is 0 Å². The van der Waals surface area contributed by atoms with Crippen molar-refractivity contribution in [2.45, 2.75) is 91.3 Å². The quantitative estimate of drug-likeness (QED) is 0.668. The average molecular weight is 268 g/mol.